The van der Waals surface area contributed by atoms with Crippen LogP contribution in [0.2, 0.25) is 0 Å². The molecule has 4 rings (SSSR count). The third kappa shape index (κ3) is 2.68. The highest BCUT2D eigenvalue weighted by Crippen LogP contribution is 2.39. The number of H-pyrrole nitrogens is 1. The number of anilines is 2. The van der Waals surface area contributed by atoms with E-state index in [9.17, 15) is 14.7 Å². The number of thiol groups is 1. The molecule has 126 valence electrons. The van der Waals surface area contributed by atoms with Crippen LogP contribution in [0.4, 0.5) is 11.4 Å². The molecule has 1 aliphatic rings. The lowest BCUT2D eigenvalue weighted by Crippen LogP contribution is -2.27. The molecule has 2 aromatic carbocycles. The maximum Gasteiger partial charge on any atom is 0.327 e. The summed E-state index contributed by atoms with van der Waals surface area (Å²) in [4.78, 5) is 23.6. The number of carboxylic acids is 1. The predicted octanol–water partition coefficient (Wildman–Crippen LogP) is 2.06. The van der Waals surface area contributed by atoms with Gasteiger partial charge >= 0.3 is 5.97 Å². The Morgan fingerprint density at radius 3 is 2.72 bits per heavy atom. The number of benzene rings is 2. The van der Waals surface area contributed by atoms with E-state index in [-0.39, 0.29) is 5.91 Å². The Morgan fingerprint density at radius 2 is 1.92 bits per heavy atom. The average Bonchev–Trinajstić information content (AvgIpc) is 3.18. The summed E-state index contributed by atoms with van der Waals surface area (Å²) in [6, 6.07) is 9.41. The zero-order valence-electron chi connectivity index (χ0n) is 12.7. The van der Waals surface area contributed by atoms with Gasteiger partial charge < -0.3 is 15.7 Å². The third-order valence-electron chi connectivity index (χ3n) is 4.10. The molecule has 4 N–H and O–H groups in total. The smallest absolute Gasteiger partial charge is 0.327 e. The standard InChI is InChI=1S/C16H13N5O3S/c22-15(7-1-4-10-12(5-7)20-21-19-10)17-8-2-3-9-11(6-8)18-13(14(9)25)16(23)24/h1-6,13-14,18,25H,(H,17,22)(H,23,24)(H,19,20,21). The lowest BCUT2D eigenvalue weighted by atomic mass is 10.1. The van der Waals surface area contributed by atoms with E-state index in [1.165, 1.54) is 0 Å². The van der Waals surface area contributed by atoms with Crippen molar-refractivity contribution >= 4 is 46.9 Å². The summed E-state index contributed by atoms with van der Waals surface area (Å²) in [7, 11) is 0. The normalized spacial score (nSPS) is 18.6. The first-order chi connectivity index (χ1) is 12.0. The van der Waals surface area contributed by atoms with Crippen molar-refractivity contribution in [3.63, 3.8) is 0 Å². The van der Waals surface area contributed by atoms with Gasteiger partial charge in [0.15, 0.2) is 0 Å². The molecule has 3 aromatic rings. The molecule has 8 nitrogen and oxygen atoms in total. The van der Waals surface area contributed by atoms with Crippen LogP contribution in [0, 0.1) is 0 Å². The van der Waals surface area contributed by atoms with Crippen molar-refractivity contribution in [3.8, 4) is 0 Å². The minimum atomic E-state index is -0.970. The van der Waals surface area contributed by atoms with Crippen molar-refractivity contribution in [2.75, 3.05) is 10.6 Å². The molecule has 1 aliphatic heterocycles. The highest BCUT2D eigenvalue weighted by molar-refractivity contribution is 7.80. The monoisotopic (exact) mass is 355 g/mol. The maximum atomic E-state index is 12.4. The van der Waals surface area contributed by atoms with Gasteiger partial charge in [0.05, 0.1) is 5.25 Å². The minimum absolute atomic E-state index is 0.292. The first kappa shape index (κ1) is 15.5. The van der Waals surface area contributed by atoms with E-state index in [1.807, 2.05) is 0 Å². The van der Waals surface area contributed by atoms with Gasteiger partial charge in [-0.1, -0.05) is 6.07 Å². The molecule has 0 saturated carbocycles. The van der Waals surface area contributed by atoms with E-state index in [1.54, 1.807) is 36.4 Å². The Kier molecular flexibility index (Phi) is 3.57. The molecule has 0 bridgehead atoms. The Bertz CT molecular complexity index is 1000. The van der Waals surface area contributed by atoms with Gasteiger partial charge in [-0.05, 0) is 35.9 Å². The van der Waals surface area contributed by atoms with Gasteiger partial charge in [0.1, 0.15) is 17.1 Å². The Balaban J connectivity index is 1.56. The zero-order valence-corrected chi connectivity index (χ0v) is 13.6. The zero-order chi connectivity index (χ0) is 17.6. The van der Waals surface area contributed by atoms with Crippen LogP contribution in [-0.4, -0.2) is 38.4 Å². The number of aromatic nitrogens is 3. The summed E-state index contributed by atoms with van der Waals surface area (Å²) in [6.45, 7) is 0. The lowest BCUT2D eigenvalue weighted by Gasteiger charge is -2.09. The highest BCUT2D eigenvalue weighted by Gasteiger charge is 2.34. The number of amides is 1. The summed E-state index contributed by atoms with van der Waals surface area (Å²) < 4.78 is 0. The summed E-state index contributed by atoms with van der Waals surface area (Å²) in [5.41, 5.74) is 3.73. The maximum absolute atomic E-state index is 12.4. The first-order valence-electron chi connectivity index (χ1n) is 7.46. The number of rotatable bonds is 3. The molecule has 0 radical (unpaired) electrons. The number of aromatic amines is 1. The molecule has 0 spiro atoms. The van der Waals surface area contributed by atoms with Gasteiger partial charge in [0.25, 0.3) is 5.91 Å². The van der Waals surface area contributed by atoms with Crippen LogP contribution in [0.25, 0.3) is 11.0 Å². The second kappa shape index (κ2) is 5.78. The van der Waals surface area contributed by atoms with Crippen molar-refractivity contribution in [2.45, 2.75) is 11.3 Å². The largest absolute Gasteiger partial charge is 0.480 e. The van der Waals surface area contributed by atoms with Crippen LogP contribution < -0.4 is 10.6 Å². The fourth-order valence-electron chi connectivity index (χ4n) is 2.82. The molecule has 25 heavy (non-hydrogen) atoms. The fourth-order valence-corrected chi connectivity index (χ4v) is 3.25. The predicted molar refractivity (Wildman–Crippen MR) is 95.1 cm³/mol. The van der Waals surface area contributed by atoms with E-state index < -0.39 is 17.3 Å². The van der Waals surface area contributed by atoms with Crippen LogP contribution >= 0.6 is 12.6 Å². The van der Waals surface area contributed by atoms with E-state index >= 15 is 0 Å². The highest BCUT2D eigenvalue weighted by atomic mass is 32.1. The second-order valence-electron chi connectivity index (χ2n) is 5.69. The Labute approximate surface area is 147 Å². The van der Waals surface area contributed by atoms with Crippen LogP contribution in [0.15, 0.2) is 36.4 Å². The van der Waals surface area contributed by atoms with Gasteiger partial charge in [-0.25, -0.2) is 4.79 Å². The molecular formula is C16H13N5O3S. The van der Waals surface area contributed by atoms with Crippen molar-refractivity contribution in [2.24, 2.45) is 0 Å². The molecular weight excluding hydrogens is 342 g/mol. The van der Waals surface area contributed by atoms with Crippen LogP contribution in [-0.2, 0) is 4.79 Å². The number of carbonyl (C=O) groups excluding carboxylic acids is 1. The number of aliphatic carboxylic acids is 1. The SMILES string of the molecule is O=C(Nc1ccc2c(c1)NC(C(=O)O)C2S)c1ccc2n[nH]nc2c1. The minimum Gasteiger partial charge on any atom is -0.480 e. The number of hydrogen-bond donors (Lipinski definition) is 5. The van der Waals surface area contributed by atoms with E-state index in [2.05, 4.69) is 38.7 Å². The topological polar surface area (TPSA) is 120 Å². The summed E-state index contributed by atoms with van der Waals surface area (Å²) in [5, 5.41) is 24.9. The molecule has 2 unspecified atom stereocenters. The lowest BCUT2D eigenvalue weighted by molar-refractivity contribution is -0.137. The van der Waals surface area contributed by atoms with Crippen molar-refractivity contribution in [3.05, 3.63) is 47.5 Å². The third-order valence-corrected chi connectivity index (χ3v) is 4.68. The van der Waals surface area contributed by atoms with Gasteiger partial charge in [-0.3, -0.25) is 4.79 Å². The van der Waals surface area contributed by atoms with Crippen LogP contribution in [0.3, 0.4) is 0 Å². The Morgan fingerprint density at radius 1 is 1.12 bits per heavy atom. The van der Waals surface area contributed by atoms with Gasteiger partial charge in [0.2, 0.25) is 0 Å². The molecule has 0 aliphatic carbocycles. The van der Waals surface area contributed by atoms with E-state index in [0.29, 0.717) is 28.0 Å². The van der Waals surface area contributed by atoms with Crippen LogP contribution in [0.5, 0.6) is 0 Å². The molecule has 0 fully saturated rings. The van der Waals surface area contributed by atoms with Crippen LogP contribution in [0.1, 0.15) is 21.2 Å². The molecule has 9 heteroatoms. The second-order valence-corrected chi connectivity index (χ2v) is 6.24. The fraction of sp³-hybridized carbons (Fsp3) is 0.125. The van der Waals surface area contributed by atoms with Gasteiger partial charge in [-0.2, -0.15) is 28.0 Å². The molecule has 1 aromatic heterocycles. The summed E-state index contributed by atoms with van der Waals surface area (Å²) in [5.74, 6) is -1.26. The molecule has 2 heterocycles. The van der Waals surface area contributed by atoms with Crippen molar-refractivity contribution in [1.82, 2.24) is 15.4 Å². The summed E-state index contributed by atoms with van der Waals surface area (Å²) in [6.07, 6.45) is 0. The number of nitrogens with one attached hydrogen (secondary N) is 3. The number of nitrogens with zero attached hydrogens (tertiary/aromatic N) is 2. The van der Waals surface area contributed by atoms with Gasteiger partial charge in [0, 0.05) is 16.9 Å². The average molecular weight is 355 g/mol. The van der Waals surface area contributed by atoms with Crippen molar-refractivity contribution < 1.29 is 14.7 Å². The van der Waals surface area contributed by atoms with Gasteiger partial charge in [-0.15, -0.1) is 0 Å². The quantitative estimate of drug-likeness (QED) is 0.459. The number of hydrogen-bond acceptors (Lipinski definition) is 6. The molecule has 1 amide bonds. The summed E-state index contributed by atoms with van der Waals surface area (Å²) >= 11 is 4.35. The number of carboxylic acid groups (broad SMARTS) is 1. The number of carbonyl (C=O) groups is 2. The molecule has 0 saturated heterocycles. The van der Waals surface area contributed by atoms with E-state index in [0.717, 1.165) is 5.56 Å². The number of fused-ring (bicyclic) bond motifs is 2. The van der Waals surface area contributed by atoms with E-state index in [4.69, 9.17) is 0 Å². The molecule has 2 atom stereocenters. The van der Waals surface area contributed by atoms with Crippen molar-refractivity contribution in [1.29, 1.82) is 0 Å². The first-order valence-corrected chi connectivity index (χ1v) is 7.98. The Hall–Kier alpha value is -3.07.